The fourth-order valence-corrected chi connectivity index (χ4v) is 4.84. The van der Waals surface area contributed by atoms with Gasteiger partial charge in [-0.3, -0.25) is 9.52 Å². The molecule has 1 aromatic heterocycles. The van der Waals surface area contributed by atoms with Crippen molar-refractivity contribution in [3.63, 3.8) is 0 Å². The van der Waals surface area contributed by atoms with E-state index in [1.807, 2.05) is 6.07 Å². The molecule has 2 heterocycles. The van der Waals surface area contributed by atoms with Crippen molar-refractivity contribution in [1.82, 2.24) is 9.97 Å². The molecule has 1 amide bonds. The van der Waals surface area contributed by atoms with E-state index >= 15 is 0 Å². The molecule has 0 bridgehead atoms. The highest BCUT2D eigenvalue weighted by molar-refractivity contribution is 7.92. The molecule has 1 aliphatic rings. The fourth-order valence-electron chi connectivity index (χ4n) is 3.59. The maximum Gasteiger partial charge on any atom is 0.261 e. The van der Waals surface area contributed by atoms with Gasteiger partial charge in [0.1, 0.15) is 0 Å². The number of anilines is 4. The summed E-state index contributed by atoms with van der Waals surface area (Å²) in [6, 6.07) is 20.1. The van der Waals surface area contributed by atoms with E-state index < -0.39 is 10.0 Å². The van der Waals surface area contributed by atoms with Crippen LogP contribution in [0.2, 0.25) is 5.02 Å². The first-order valence-electron chi connectivity index (χ1n) is 10.3. The van der Waals surface area contributed by atoms with E-state index in [1.54, 1.807) is 60.8 Å². The van der Waals surface area contributed by atoms with Gasteiger partial charge in [0.15, 0.2) is 0 Å². The van der Waals surface area contributed by atoms with E-state index in [0.717, 1.165) is 5.56 Å². The van der Waals surface area contributed by atoms with Crippen molar-refractivity contribution in [2.24, 2.45) is 0 Å². The molecule has 8 nitrogen and oxygen atoms in total. The average Bonchev–Trinajstić information content (AvgIpc) is 2.95. The second kappa shape index (κ2) is 8.77. The number of hydrogen-bond donors (Lipinski definition) is 3. The van der Waals surface area contributed by atoms with Crippen LogP contribution in [0.25, 0.3) is 11.3 Å². The number of nitrogens with zero attached hydrogens (tertiary/aromatic N) is 2. The molecule has 0 aliphatic carbocycles. The number of carbonyl (C=O) groups is 1. The third kappa shape index (κ3) is 4.57. The summed E-state index contributed by atoms with van der Waals surface area (Å²) < 4.78 is 27.6. The first kappa shape index (κ1) is 21.9. The molecular weight excluding hydrogens is 474 g/mol. The van der Waals surface area contributed by atoms with Crippen LogP contribution in [0.15, 0.2) is 83.9 Å². The second-order valence-electron chi connectivity index (χ2n) is 7.60. The maximum atomic E-state index is 12.5. The Morgan fingerprint density at radius 1 is 0.941 bits per heavy atom. The van der Waals surface area contributed by atoms with E-state index in [0.29, 0.717) is 39.3 Å². The summed E-state index contributed by atoms with van der Waals surface area (Å²) in [7, 11) is -3.67. The van der Waals surface area contributed by atoms with Gasteiger partial charge in [-0.15, -0.1) is 0 Å². The number of carbonyl (C=O) groups excluding carboxylic acids is 1. The lowest BCUT2D eigenvalue weighted by Gasteiger charge is -2.12. The lowest BCUT2D eigenvalue weighted by atomic mass is 10.1. The number of aromatic nitrogens is 2. The molecule has 0 atom stereocenters. The predicted octanol–water partition coefficient (Wildman–Crippen LogP) is 4.84. The minimum Gasteiger partial charge on any atom is -0.325 e. The van der Waals surface area contributed by atoms with Crippen molar-refractivity contribution < 1.29 is 13.2 Å². The Morgan fingerprint density at radius 3 is 2.44 bits per heavy atom. The van der Waals surface area contributed by atoms with E-state index in [4.69, 9.17) is 11.6 Å². The zero-order chi connectivity index (χ0) is 23.7. The van der Waals surface area contributed by atoms with Gasteiger partial charge in [0.25, 0.3) is 10.0 Å². The van der Waals surface area contributed by atoms with Gasteiger partial charge in [-0.25, -0.2) is 18.4 Å². The van der Waals surface area contributed by atoms with E-state index in [1.165, 1.54) is 12.1 Å². The molecule has 3 N–H and O–H groups in total. The van der Waals surface area contributed by atoms with Crippen LogP contribution < -0.4 is 15.4 Å². The summed E-state index contributed by atoms with van der Waals surface area (Å²) in [6.45, 7) is 0. The number of fused-ring (bicyclic) bond motifs is 3. The Labute approximate surface area is 201 Å². The molecule has 0 saturated heterocycles. The molecule has 1 aliphatic heterocycles. The molecule has 34 heavy (non-hydrogen) atoms. The van der Waals surface area contributed by atoms with Crippen LogP contribution in [-0.4, -0.2) is 24.3 Å². The van der Waals surface area contributed by atoms with Gasteiger partial charge in [0.05, 0.1) is 22.7 Å². The molecule has 0 unspecified atom stereocenters. The zero-order valence-corrected chi connectivity index (χ0v) is 19.2. The van der Waals surface area contributed by atoms with E-state index in [2.05, 4.69) is 25.3 Å². The number of halogens is 1. The molecule has 170 valence electrons. The van der Waals surface area contributed by atoms with Gasteiger partial charge >= 0.3 is 0 Å². The highest BCUT2D eigenvalue weighted by Gasteiger charge is 2.21. The van der Waals surface area contributed by atoms with Crippen LogP contribution in [0.4, 0.5) is 23.0 Å². The second-order valence-corrected chi connectivity index (χ2v) is 9.72. The normalized spacial score (nSPS) is 12.7. The third-order valence-electron chi connectivity index (χ3n) is 5.17. The van der Waals surface area contributed by atoms with Crippen LogP contribution in [0, 0.1) is 0 Å². The Kier molecular flexibility index (Phi) is 5.64. The summed E-state index contributed by atoms with van der Waals surface area (Å²) >= 11 is 6.09. The number of nitrogens with one attached hydrogen (secondary N) is 3. The van der Waals surface area contributed by atoms with Gasteiger partial charge in [-0.05, 0) is 54.6 Å². The largest absolute Gasteiger partial charge is 0.325 e. The van der Waals surface area contributed by atoms with Crippen molar-refractivity contribution >= 4 is 50.5 Å². The molecular formula is C24H18ClN5O3S. The summed E-state index contributed by atoms with van der Waals surface area (Å²) in [5.41, 5.74) is 3.77. The highest BCUT2D eigenvalue weighted by Crippen LogP contribution is 2.35. The topological polar surface area (TPSA) is 113 Å². The summed E-state index contributed by atoms with van der Waals surface area (Å²) in [5, 5.41) is 6.48. The first-order chi connectivity index (χ1) is 16.4. The van der Waals surface area contributed by atoms with E-state index in [-0.39, 0.29) is 17.2 Å². The van der Waals surface area contributed by atoms with Gasteiger partial charge in [-0.2, -0.15) is 0 Å². The molecule has 0 spiro atoms. The average molecular weight is 492 g/mol. The molecule has 4 aromatic rings. The van der Waals surface area contributed by atoms with Gasteiger partial charge < -0.3 is 10.6 Å². The summed E-state index contributed by atoms with van der Waals surface area (Å²) in [5.74, 6) is 0.173. The van der Waals surface area contributed by atoms with Gasteiger partial charge in [0, 0.05) is 33.7 Å². The van der Waals surface area contributed by atoms with Crippen molar-refractivity contribution in [3.05, 3.63) is 89.6 Å². The molecule has 0 fully saturated rings. The number of hydrogen-bond acceptors (Lipinski definition) is 6. The van der Waals surface area contributed by atoms with Crippen LogP contribution in [0.1, 0.15) is 5.56 Å². The monoisotopic (exact) mass is 491 g/mol. The van der Waals surface area contributed by atoms with Crippen molar-refractivity contribution in [3.8, 4) is 11.3 Å². The smallest absolute Gasteiger partial charge is 0.261 e. The van der Waals surface area contributed by atoms with Crippen molar-refractivity contribution in [2.75, 3.05) is 15.4 Å². The van der Waals surface area contributed by atoms with Gasteiger partial charge in [-0.1, -0.05) is 29.8 Å². The minimum atomic E-state index is -3.67. The molecule has 3 aromatic carbocycles. The van der Waals surface area contributed by atoms with Crippen LogP contribution in [0.3, 0.4) is 0 Å². The highest BCUT2D eigenvalue weighted by atomic mass is 35.5. The summed E-state index contributed by atoms with van der Waals surface area (Å²) in [6.07, 6.45) is 1.77. The van der Waals surface area contributed by atoms with Gasteiger partial charge in [0.2, 0.25) is 11.9 Å². The lowest BCUT2D eigenvalue weighted by molar-refractivity contribution is -0.115. The number of amides is 1. The van der Waals surface area contributed by atoms with E-state index in [9.17, 15) is 13.2 Å². The van der Waals surface area contributed by atoms with Crippen LogP contribution in [0.5, 0.6) is 0 Å². The quantitative estimate of drug-likeness (QED) is 0.368. The zero-order valence-electron chi connectivity index (χ0n) is 17.6. The molecule has 5 rings (SSSR count). The Balaban J connectivity index is 1.38. The molecule has 0 saturated carbocycles. The van der Waals surface area contributed by atoms with Crippen molar-refractivity contribution in [1.29, 1.82) is 0 Å². The summed E-state index contributed by atoms with van der Waals surface area (Å²) in [4.78, 5) is 21.4. The number of sulfonamides is 1. The first-order valence-corrected chi connectivity index (χ1v) is 12.1. The van der Waals surface area contributed by atoms with Crippen LogP contribution in [-0.2, 0) is 21.2 Å². The molecule has 0 radical (unpaired) electrons. The van der Waals surface area contributed by atoms with Crippen LogP contribution >= 0.6 is 11.6 Å². The SMILES string of the molecule is O=C1Cc2cnc(Nc3ccc(NS(=O)(=O)c4ccccc4)cc3)nc2-c2ccc(Cl)cc2N1. The third-order valence-corrected chi connectivity index (χ3v) is 6.81. The number of benzene rings is 3. The standard InChI is InChI=1S/C24H18ClN5O3S/c25-16-6-11-20-21(13-16)28-22(31)12-15-14-26-24(29-23(15)20)27-17-7-9-18(10-8-17)30-34(32,33)19-4-2-1-3-5-19/h1-11,13-14,30H,12H2,(H,28,31)(H,26,27,29). The number of rotatable bonds is 5. The lowest BCUT2D eigenvalue weighted by Crippen LogP contribution is -2.13. The Hall–Kier alpha value is -3.95. The predicted molar refractivity (Wildman–Crippen MR) is 132 cm³/mol. The Morgan fingerprint density at radius 2 is 1.68 bits per heavy atom. The minimum absolute atomic E-state index is 0.151. The Bertz CT molecular complexity index is 1490. The fraction of sp³-hybridized carbons (Fsp3) is 0.0417. The molecule has 10 heteroatoms. The van der Waals surface area contributed by atoms with Crippen molar-refractivity contribution in [2.45, 2.75) is 11.3 Å². The maximum absolute atomic E-state index is 12.5.